The summed E-state index contributed by atoms with van der Waals surface area (Å²) in [5, 5.41) is 11.7. The van der Waals surface area contributed by atoms with E-state index in [4.69, 9.17) is 11.6 Å². The van der Waals surface area contributed by atoms with E-state index in [2.05, 4.69) is 4.98 Å². The molecule has 0 unspecified atom stereocenters. The predicted octanol–water partition coefficient (Wildman–Crippen LogP) is 4.37. The topological polar surface area (TPSA) is 73.1 Å². The number of ketones is 1. The Bertz CT molecular complexity index is 749. The zero-order valence-electron chi connectivity index (χ0n) is 13.2. The van der Waals surface area contributed by atoms with Crippen LogP contribution in [0.3, 0.4) is 0 Å². The fourth-order valence-electron chi connectivity index (χ4n) is 2.29. The van der Waals surface area contributed by atoms with Crippen LogP contribution in [0.1, 0.15) is 42.3 Å². The van der Waals surface area contributed by atoms with Gasteiger partial charge in [0.1, 0.15) is 5.15 Å². The lowest BCUT2D eigenvalue weighted by Crippen LogP contribution is -2.15. The number of nitro groups is 1. The Morgan fingerprint density at radius 3 is 2.48 bits per heavy atom. The molecule has 0 aliphatic carbocycles. The van der Waals surface area contributed by atoms with Crippen molar-refractivity contribution in [1.29, 1.82) is 0 Å². The van der Waals surface area contributed by atoms with Crippen LogP contribution >= 0.6 is 11.6 Å². The van der Waals surface area contributed by atoms with Gasteiger partial charge in [-0.15, -0.1) is 0 Å². The molecule has 23 heavy (non-hydrogen) atoms. The quantitative estimate of drug-likeness (QED) is 0.361. The van der Waals surface area contributed by atoms with E-state index in [1.54, 1.807) is 24.3 Å². The molecule has 2 aromatic rings. The first kappa shape index (κ1) is 17.1. The number of nitro benzene ring substituents is 1. The zero-order valence-corrected chi connectivity index (χ0v) is 13.9. The SMILES string of the molecule is CC(C)(C)c1ccc(C(=O)Cc2ccc(Cl)nc2)cc1[N+](=O)[O-]. The van der Waals surface area contributed by atoms with E-state index in [0.717, 1.165) is 0 Å². The molecule has 0 atom stereocenters. The van der Waals surface area contributed by atoms with Crippen molar-refractivity contribution in [2.75, 3.05) is 0 Å². The number of pyridine rings is 1. The van der Waals surface area contributed by atoms with Gasteiger partial charge in [0, 0.05) is 29.8 Å². The highest BCUT2D eigenvalue weighted by atomic mass is 35.5. The molecule has 1 aromatic heterocycles. The van der Waals surface area contributed by atoms with Crippen molar-refractivity contribution in [3.05, 3.63) is 68.5 Å². The Labute approximate surface area is 139 Å². The smallest absolute Gasteiger partial charge is 0.273 e. The molecule has 0 saturated carbocycles. The van der Waals surface area contributed by atoms with Crippen molar-refractivity contribution in [2.45, 2.75) is 32.6 Å². The molecule has 120 valence electrons. The molecule has 0 fully saturated rings. The van der Waals surface area contributed by atoms with Crippen LogP contribution in [0.2, 0.25) is 5.15 Å². The molecule has 0 bridgehead atoms. The molecule has 0 saturated heterocycles. The van der Waals surface area contributed by atoms with Crippen LogP contribution in [-0.4, -0.2) is 15.7 Å². The zero-order chi connectivity index (χ0) is 17.2. The highest BCUT2D eigenvalue weighted by Gasteiger charge is 2.26. The van der Waals surface area contributed by atoms with Crippen LogP contribution in [0.4, 0.5) is 5.69 Å². The average molecular weight is 333 g/mol. The van der Waals surface area contributed by atoms with Gasteiger partial charge in [-0.3, -0.25) is 14.9 Å². The molecule has 1 heterocycles. The Kier molecular flexibility index (Phi) is 4.80. The van der Waals surface area contributed by atoms with Gasteiger partial charge in [0.05, 0.1) is 4.92 Å². The summed E-state index contributed by atoms with van der Waals surface area (Å²) in [6.45, 7) is 5.70. The molecule has 5 nitrogen and oxygen atoms in total. The number of halogens is 1. The average Bonchev–Trinajstić information content (AvgIpc) is 2.48. The summed E-state index contributed by atoms with van der Waals surface area (Å²) in [4.78, 5) is 27.1. The first-order chi connectivity index (χ1) is 10.7. The Balaban J connectivity index is 2.32. The number of Topliss-reactive ketones (excluding diaryl/α,β-unsaturated/α-hetero) is 1. The van der Waals surface area contributed by atoms with Crippen LogP contribution in [-0.2, 0) is 11.8 Å². The number of carbonyl (C=O) groups excluding carboxylic acids is 1. The number of aromatic nitrogens is 1. The largest absolute Gasteiger partial charge is 0.294 e. The maximum Gasteiger partial charge on any atom is 0.273 e. The summed E-state index contributed by atoms with van der Waals surface area (Å²) in [5.41, 5.74) is 1.23. The van der Waals surface area contributed by atoms with Gasteiger partial charge in [-0.05, 0) is 17.0 Å². The second-order valence-electron chi connectivity index (χ2n) is 6.33. The minimum absolute atomic E-state index is 0.0300. The molecule has 0 N–H and O–H groups in total. The molecule has 6 heteroatoms. The number of nitrogens with zero attached hydrogens (tertiary/aromatic N) is 2. The van der Waals surface area contributed by atoms with Gasteiger partial charge in [-0.1, -0.05) is 50.6 Å². The van der Waals surface area contributed by atoms with Crippen molar-refractivity contribution < 1.29 is 9.72 Å². The highest BCUT2D eigenvalue weighted by Crippen LogP contribution is 2.32. The molecule has 0 radical (unpaired) electrons. The molecule has 0 amide bonds. The van der Waals surface area contributed by atoms with E-state index in [1.165, 1.54) is 12.3 Å². The van der Waals surface area contributed by atoms with Gasteiger partial charge in [-0.25, -0.2) is 4.98 Å². The maximum atomic E-state index is 12.4. The standard InChI is InChI=1S/C17H17ClN2O3/c1-17(2,3)13-6-5-12(9-14(13)20(22)23)15(21)8-11-4-7-16(18)19-10-11/h4-7,9-10H,8H2,1-3H3. The van der Waals surface area contributed by atoms with Crippen molar-refractivity contribution >= 4 is 23.1 Å². The minimum Gasteiger partial charge on any atom is -0.294 e. The third-order valence-corrected chi connectivity index (χ3v) is 3.70. The van der Waals surface area contributed by atoms with E-state index in [9.17, 15) is 14.9 Å². The first-order valence-electron chi connectivity index (χ1n) is 7.11. The van der Waals surface area contributed by atoms with Crippen LogP contribution in [0, 0.1) is 10.1 Å². The number of hydrogen-bond acceptors (Lipinski definition) is 4. The molecule has 2 rings (SSSR count). The summed E-state index contributed by atoms with van der Waals surface area (Å²) < 4.78 is 0. The summed E-state index contributed by atoms with van der Waals surface area (Å²) in [7, 11) is 0. The molecular formula is C17H17ClN2O3. The fraction of sp³-hybridized carbons (Fsp3) is 0.294. The van der Waals surface area contributed by atoms with Crippen molar-refractivity contribution in [1.82, 2.24) is 4.98 Å². The first-order valence-corrected chi connectivity index (χ1v) is 7.49. The van der Waals surface area contributed by atoms with Gasteiger partial charge >= 0.3 is 0 Å². The van der Waals surface area contributed by atoms with Crippen molar-refractivity contribution in [3.8, 4) is 0 Å². The Morgan fingerprint density at radius 2 is 1.96 bits per heavy atom. The summed E-state index contributed by atoms with van der Waals surface area (Å²) in [6, 6.07) is 7.97. The minimum atomic E-state index is -0.443. The number of carbonyl (C=O) groups is 1. The number of rotatable bonds is 4. The number of benzene rings is 1. The lowest BCUT2D eigenvalue weighted by Gasteiger charge is -2.19. The van der Waals surface area contributed by atoms with Crippen LogP contribution < -0.4 is 0 Å². The molecule has 0 spiro atoms. The van der Waals surface area contributed by atoms with E-state index in [0.29, 0.717) is 21.8 Å². The van der Waals surface area contributed by atoms with Crippen LogP contribution in [0.5, 0.6) is 0 Å². The van der Waals surface area contributed by atoms with Crippen LogP contribution in [0.15, 0.2) is 36.5 Å². The van der Waals surface area contributed by atoms with E-state index in [-0.39, 0.29) is 23.3 Å². The van der Waals surface area contributed by atoms with E-state index in [1.807, 2.05) is 20.8 Å². The van der Waals surface area contributed by atoms with E-state index < -0.39 is 4.92 Å². The lowest BCUT2D eigenvalue weighted by atomic mass is 9.85. The molecular weight excluding hydrogens is 316 g/mol. The van der Waals surface area contributed by atoms with Gasteiger partial charge in [-0.2, -0.15) is 0 Å². The van der Waals surface area contributed by atoms with E-state index >= 15 is 0 Å². The van der Waals surface area contributed by atoms with Crippen LogP contribution in [0.25, 0.3) is 0 Å². The Hall–Kier alpha value is -2.27. The third-order valence-electron chi connectivity index (χ3n) is 3.48. The normalized spacial score (nSPS) is 11.3. The van der Waals surface area contributed by atoms with Gasteiger partial charge < -0.3 is 0 Å². The Morgan fingerprint density at radius 1 is 1.26 bits per heavy atom. The van der Waals surface area contributed by atoms with Gasteiger partial charge in [0.15, 0.2) is 5.78 Å². The molecule has 0 aliphatic rings. The number of hydrogen-bond donors (Lipinski definition) is 0. The monoisotopic (exact) mass is 332 g/mol. The van der Waals surface area contributed by atoms with Crippen molar-refractivity contribution in [3.63, 3.8) is 0 Å². The highest BCUT2D eigenvalue weighted by molar-refractivity contribution is 6.29. The third kappa shape index (κ3) is 4.13. The molecule has 0 aliphatic heterocycles. The fourth-order valence-corrected chi connectivity index (χ4v) is 2.40. The summed E-state index contributed by atoms with van der Waals surface area (Å²) >= 11 is 5.71. The maximum absolute atomic E-state index is 12.4. The predicted molar refractivity (Wildman–Crippen MR) is 89.1 cm³/mol. The second-order valence-corrected chi connectivity index (χ2v) is 6.72. The second kappa shape index (κ2) is 6.46. The van der Waals surface area contributed by atoms with Gasteiger partial charge in [0.2, 0.25) is 0 Å². The van der Waals surface area contributed by atoms with Crippen molar-refractivity contribution in [2.24, 2.45) is 0 Å². The summed E-state index contributed by atoms with van der Waals surface area (Å²) in [5.74, 6) is -0.197. The van der Waals surface area contributed by atoms with Gasteiger partial charge in [0.25, 0.3) is 5.69 Å². The molecule has 1 aromatic carbocycles. The lowest BCUT2D eigenvalue weighted by molar-refractivity contribution is -0.386. The summed E-state index contributed by atoms with van der Waals surface area (Å²) in [6.07, 6.45) is 1.65.